The van der Waals surface area contributed by atoms with Gasteiger partial charge in [0.05, 0.1) is 18.8 Å². The highest BCUT2D eigenvalue weighted by molar-refractivity contribution is 5.95. The summed E-state index contributed by atoms with van der Waals surface area (Å²) in [6.07, 6.45) is 1.81. The van der Waals surface area contributed by atoms with Crippen LogP contribution >= 0.6 is 0 Å². The summed E-state index contributed by atoms with van der Waals surface area (Å²) in [6, 6.07) is 7.16. The Morgan fingerprint density at radius 1 is 1.11 bits per heavy atom. The first-order valence-electron chi connectivity index (χ1n) is 8.16. The van der Waals surface area contributed by atoms with E-state index >= 15 is 0 Å². The molecule has 0 radical (unpaired) electrons. The number of benzene rings is 1. The van der Waals surface area contributed by atoms with Crippen molar-refractivity contribution in [3.8, 4) is 0 Å². The number of halogens is 3. The molecule has 3 rings (SSSR count). The molecule has 0 fully saturated rings. The molecule has 0 aliphatic rings. The standard InChI is InChI=1S/C17H16F3N7O/c1-21-17(22-8-13-26-25-12-4-2-3-7-27(12)13)23-9-14(28)24-11-6-5-10(18)15(19)16(11)20/h2-7H,8-9H2,1H3,(H,24,28)(H2,21,22,23). The van der Waals surface area contributed by atoms with E-state index in [1.165, 1.54) is 7.05 Å². The number of fused-ring (bicyclic) bond motifs is 1. The smallest absolute Gasteiger partial charge is 0.243 e. The third-order valence-corrected chi connectivity index (χ3v) is 3.75. The first kappa shape index (κ1) is 19.1. The summed E-state index contributed by atoms with van der Waals surface area (Å²) in [5.41, 5.74) is 0.235. The number of aromatic nitrogens is 3. The van der Waals surface area contributed by atoms with Gasteiger partial charge >= 0.3 is 0 Å². The number of amides is 1. The van der Waals surface area contributed by atoms with E-state index in [2.05, 4.69) is 31.1 Å². The summed E-state index contributed by atoms with van der Waals surface area (Å²) < 4.78 is 41.5. The number of anilines is 1. The average Bonchev–Trinajstić information content (AvgIpc) is 3.12. The van der Waals surface area contributed by atoms with Crippen LogP contribution in [-0.2, 0) is 11.3 Å². The topological polar surface area (TPSA) is 95.7 Å². The van der Waals surface area contributed by atoms with Gasteiger partial charge in [0.15, 0.2) is 34.9 Å². The van der Waals surface area contributed by atoms with Crippen molar-refractivity contribution in [1.82, 2.24) is 25.2 Å². The van der Waals surface area contributed by atoms with Gasteiger partial charge in [-0.15, -0.1) is 10.2 Å². The van der Waals surface area contributed by atoms with Gasteiger partial charge in [-0.3, -0.25) is 14.2 Å². The molecule has 146 valence electrons. The molecule has 0 aliphatic carbocycles. The highest BCUT2D eigenvalue weighted by Gasteiger charge is 2.15. The normalized spacial score (nSPS) is 11.5. The molecule has 0 saturated carbocycles. The number of pyridine rings is 1. The molecule has 8 nitrogen and oxygen atoms in total. The van der Waals surface area contributed by atoms with Crippen molar-refractivity contribution in [2.24, 2.45) is 4.99 Å². The number of nitrogens with zero attached hydrogens (tertiary/aromatic N) is 4. The Hall–Kier alpha value is -3.63. The molecule has 0 atom stereocenters. The lowest BCUT2D eigenvalue weighted by atomic mass is 10.2. The van der Waals surface area contributed by atoms with Gasteiger partial charge in [-0.05, 0) is 24.3 Å². The van der Waals surface area contributed by atoms with E-state index in [0.717, 1.165) is 12.1 Å². The number of hydrogen-bond donors (Lipinski definition) is 3. The van der Waals surface area contributed by atoms with Crippen molar-refractivity contribution in [1.29, 1.82) is 0 Å². The molecule has 0 bridgehead atoms. The molecule has 1 aromatic carbocycles. The minimum atomic E-state index is -1.65. The number of carbonyl (C=O) groups excluding carboxylic acids is 1. The monoisotopic (exact) mass is 391 g/mol. The third kappa shape index (κ3) is 4.19. The molecule has 3 aromatic rings. The van der Waals surface area contributed by atoms with Gasteiger partial charge in [-0.25, -0.2) is 13.2 Å². The fourth-order valence-electron chi connectivity index (χ4n) is 2.38. The lowest BCUT2D eigenvalue weighted by Gasteiger charge is -2.12. The van der Waals surface area contributed by atoms with E-state index in [-0.39, 0.29) is 19.0 Å². The van der Waals surface area contributed by atoms with Crippen LogP contribution in [0.1, 0.15) is 5.82 Å². The van der Waals surface area contributed by atoms with Gasteiger partial charge in [0.1, 0.15) is 0 Å². The summed E-state index contributed by atoms with van der Waals surface area (Å²) in [5.74, 6) is -4.20. The Kier molecular flexibility index (Phi) is 5.72. The van der Waals surface area contributed by atoms with Crippen LogP contribution in [0.5, 0.6) is 0 Å². The zero-order valence-electron chi connectivity index (χ0n) is 14.7. The average molecular weight is 391 g/mol. The van der Waals surface area contributed by atoms with E-state index in [4.69, 9.17) is 0 Å². The van der Waals surface area contributed by atoms with Gasteiger partial charge in [0, 0.05) is 13.2 Å². The Morgan fingerprint density at radius 2 is 1.93 bits per heavy atom. The Labute approximate surface area is 157 Å². The molecule has 28 heavy (non-hydrogen) atoms. The van der Waals surface area contributed by atoms with E-state index in [1.807, 2.05) is 24.4 Å². The van der Waals surface area contributed by atoms with Gasteiger partial charge < -0.3 is 16.0 Å². The molecule has 3 N–H and O–H groups in total. The maximum atomic E-state index is 13.6. The maximum absolute atomic E-state index is 13.6. The Bertz CT molecular complexity index is 1030. The highest BCUT2D eigenvalue weighted by atomic mass is 19.2. The number of carbonyl (C=O) groups is 1. The van der Waals surface area contributed by atoms with E-state index in [9.17, 15) is 18.0 Å². The summed E-state index contributed by atoms with van der Waals surface area (Å²) in [4.78, 5) is 15.9. The highest BCUT2D eigenvalue weighted by Crippen LogP contribution is 2.19. The van der Waals surface area contributed by atoms with Crippen LogP contribution in [0.3, 0.4) is 0 Å². The molecule has 1 amide bonds. The number of aliphatic imine (C=N–C) groups is 1. The molecule has 0 spiro atoms. The minimum absolute atomic E-state index is 0.279. The fourth-order valence-corrected chi connectivity index (χ4v) is 2.38. The summed E-state index contributed by atoms with van der Waals surface area (Å²) in [6.45, 7) is 0.00294. The molecule has 0 aliphatic heterocycles. The molecule has 2 heterocycles. The summed E-state index contributed by atoms with van der Waals surface area (Å²) >= 11 is 0. The SMILES string of the molecule is CN=C(NCC(=O)Nc1ccc(F)c(F)c1F)NCc1nnc2ccccn12. The molecule has 11 heteroatoms. The Morgan fingerprint density at radius 3 is 2.71 bits per heavy atom. The second kappa shape index (κ2) is 8.37. The fraction of sp³-hybridized carbons (Fsp3) is 0.176. The van der Waals surface area contributed by atoms with Crippen LogP contribution in [0, 0.1) is 17.5 Å². The van der Waals surface area contributed by atoms with Crippen LogP contribution in [0.25, 0.3) is 5.65 Å². The van der Waals surface area contributed by atoms with Crippen molar-refractivity contribution in [3.63, 3.8) is 0 Å². The van der Waals surface area contributed by atoms with Crippen LogP contribution in [0.15, 0.2) is 41.5 Å². The lowest BCUT2D eigenvalue weighted by molar-refractivity contribution is -0.115. The summed E-state index contributed by atoms with van der Waals surface area (Å²) in [5, 5.41) is 15.9. The quantitative estimate of drug-likeness (QED) is 0.348. The van der Waals surface area contributed by atoms with Crippen molar-refractivity contribution >= 4 is 23.2 Å². The molecular weight excluding hydrogens is 375 g/mol. The van der Waals surface area contributed by atoms with Crippen molar-refractivity contribution in [3.05, 3.63) is 59.8 Å². The summed E-state index contributed by atoms with van der Waals surface area (Å²) in [7, 11) is 1.50. The van der Waals surface area contributed by atoms with Crippen LogP contribution in [0.4, 0.5) is 18.9 Å². The zero-order valence-corrected chi connectivity index (χ0v) is 14.7. The maximum Gasteiger partial charge on any atom is 0.243 e. The predicted molar refractivity (Wildman–Crippen MR) is 96.1 cm³/mol. The van der Waals surface area contributed by atoms with Gasteiger partial charge in [0.25, 0.3) is 0 Å². The number of hydrogen-bond acceptors (Lipinski definition) is 4. The largest absolute Gasteiger partial charge is 0.349 e. The van der Waals surface area contributed by atoms with Gasteiger partial charge in [0.2, 0.25) is 5.91 Å². The molecule has 0 saturated heterocycles. The molecule has 0 unspecified atom stereocenters. The Balaban J connectivity index is 1.54. The van der Waals surface area contributed by atoms with Crippen LogP contribution in [0.2, 0.25) is 0 Å². The first-order chi connectivity index (χ1) is 13.5. The van der Waals surface area contributed by atoms with E-state index in [1.54, 1.807) is 4.40 Å². The van der Waals surface area contributed by atoms with Gasteiger partial charge in [-0.2, -0.15) is 0 Å². The third-order valence-electron chi connectivity index (χ3n) is 3.75. The number of guanidine groups is 1. The van der Waals surface area contributed by atoms with Gasteiger partial charge in [-0.1, -0.05) is 6.07 Å². The van der Waals surface area contributed by atoms with Crippen molar-refractivity contribution in [2.75, 3.05) is 18.9 Å². The van der Waals surface area contributed by atoms with Crippen LogP contribution < -0.4 is 16.0 Å². The molecular formula is C17H16F3N7O. The first-order valence-corrected chi connectivity index (χ1v) is 8.16. The number of nitrogens with one attached hydrogen (secondary N) is 3. The lowest BCUT2D eigenvalue weighted by Crippen LogP contribution is -2.41. The van der Waals surface area contributed by atoms with E-state index in [0.29, 0.717) is 11.5 Å². The second-order valence-electron chi connectivity index (χ2n) is 5.60. The zero-order chi connectivity index (χ0) is 20.1. The predicted octanol–water partition coefficient (Wildman–Crippen LogP) is 1.45. The van der Waals surface area contributed by atoms with Crippen molar-refractivity contribution in [2.45, 2.75) is 6.54 Å². The van der Waals surface area contributed by atoms with Crippen LogP contribution in [-0.4, -0.2) is 40.1 Å². The second-order valence-corrected chi connectivity index (χ2v) is 5.60. The minimum Gasteiger partial charge on any atom is -0.349 e. The van der Waals surface area contributed by atoms with Crippen molar-refractivity contribution < 1.29 is 18.0 Å². The molecule has 2 aromatic heterocycles. The number of rotatable bonds is 5. The van der Waals surface area contributed by atoms with E-state index < -0.39 is 29.0 Å².